The Balaban J connectivity index is 1.37. The van der Waals surface area contributed by atoms with Crippen molar-refractivity contribution in [2.75, 3.05) is 25.1 Å². The van der Waals surface area contributed by atoms with Crippen LogP contribution in [0.1, 0.15) is 18.4 Å². The summed E-state index contributed by atoms with van der Waals surface area (Å²) in [5, 5.41) is 9.50. The molecule has 3 rings (SSSR count). The number of hydrogen-bond acceptors (Lipinski definition) is 6. The van der Waals surface area contributed by atoms with Gasteiger partial charge in [-0.25, -0.2) is 5.43 Å². The van der Waals surface area contributed by atoms with Crippen molar-refractivity contribution < 1.29 is 23.9 Å². The number of carbonyl (C=O) groups is 3. The monoisotopic (exact) mass is 458 g/mol. The Hall–Kier alpha value is -3.43. The zero-order valence-corrected chi connectivity index (χ0v) is 17.9. The molecule has 1 atom stereocenters. The van der Waals surface area contributed by atoms with Gasteiger partial charge in [-0.15, -0.1) is 0 Å². The molecular weight excluding hydrogens is 436 g/mol. The number of nitrogens with zero attached hydrogens (tertiary/aromatic N) is 1. The van der Waals surface area contributed by atoms with Crippen molar-refractivity contribution in [1.29, 1.82) is 0 Å². The summed E-state index contributed by atoms with van der Waals surface area (Å²) in [6.45, 7) is 0.808. The van der Waals surface area contributed by atoms with Crippen LogP contribution < -0.4 is 20.8 Å². The van der Waals surface area contributed by atoms with Crippen molar-refractivity contribution in [3.63, 3.8) is 0 Å². The average molecular weight is 459 g/mol. The van der Waals surface area contributed by atoms with Crippen LogP contribution in [0.4, 0.5) is 5.69 Å². The lowest BCUT2D eigenvalue weighted by Crippen LogP contribution is -2.41. The summed E-state index contributed by atoms with van der Waals surface area (Å²) in [5.74, 6) is -1.46. The summed E-state index contributed by atoms with van der Waals surface area (Å²) in [6.07, 6.45) is 3.17. The highest BCUT2D eigenvalue weighted by Crippen LogP contribution is 2.15. The molecule has 1 aliphatic heterocycles. The molecule has 0 unspecified atom stereocenters. The summed E-state index contributed by atoms with van der Waals surface area (Å²) in [6, 6.07) is 13.5. The molecule has 3 amide bonds. The van der Waals surface area contributed by atoms with Crippen molar-refractivity contribution in [2.24, 2.45) is 5.10 Å². The average Bonchev–Trinajstić information content (AvgIpc) is 3.30. The van der Waals surface area contributed by atoms with Crippen LogP contribution in [0.5, 0.6) is 5.75 Å². The van der Waals surface area contributed by atoms with Crippen molar-refractivity contribution in [3.05, 3.63) is 59.1 Å². The Labute approximate surface area is 190 Å². The molecule has 10 heteroatoms. The minimum atomic E-state index is -0.857. The lowest BCUT2D eigenvalue weighted by Gasteiger charge is -2.09. The minimum absolute atomic E-state index is 0.0427. The van der Waals surface area contributed by atoms with Crippen LogP contribution in [0, 0.1) is 0 Å². The third-order valence-corrected chi connectivity index (χ3v) is 4.69. The molecule has 1 fully saturated rings. The van der Waals surface area contributed by atoms with Crippen molar-refractivity contribution in [3.8, 4) is 5.75 Å². The van der Waals surface area contributed by atoms with Gasteiger partial charge in [-0.2, -0.15) is 5.10 Å². The molecule has 0 saturated carbocycles. The summed E-state index contributed by atoms with van der Waals surface area (Å²) in [7, 11) is 0. The van der Waals surface area contributed by atoms with Crippen molar-refractivity contribution >= 4 is 41.2 Å². The van der Waals surface area contributed by atoms with E-state index in [0.717, 1.165) is 12.8 Å². The molecule has 0 radical (unpaired) electrons. The molecule has 1 heterocycles. The highest BCUT2D eigenvalue weighted by Gasteiger charge is 2.18. The molecule has 0 spiro atoms. The maximum Gasteiger partial charge on any atom is 0.329 e. The number of hydrazone groups is 1. The zero-order chi connectivity index (χ0) is 22.8. The fraction of sp³-hybridized carbons (Fsp3) is 0.273. The number of ether oxygens (including phenoxy) is 2. The fourth-order valence-electron chi connectivity index (χ4n) is 2.87. The molecule has 9 nitrogen and oxygen atoms in total. The summed E-state index contributed by atoms with van der Waals surface area (Å²) in [5.41, 5.74) is 3.42. The number of hydrogen-bond donors (Lipinski definition) is 3. The van der Waals surface area contributed by atoms with E-state index in [4.69, 9.17) is 21.1 Å². The molecule has 0 aliphatic carbocycles. The van der Waals surface area contributed by atoms with Gasteiger partial charge in [0, 0.05) is 23.9 Å². The normalized spacial score (nSPS) is 15.3. The first-order valence-corrected chi connectivity index (χ1v) is 10.4. The first kappa shape index (κ1) is 23.2. The summed E-state index contributed by atoms with van der Waals surface area (Å²) < 4.78 is 10.8. The van der Waals surface area contributed by atoms with Gasteiger partial charge in [0.15, 0.2) is 6.61 Å². The lowest BCUT2D eigenvalue weighted by atomic mass is 10.2. The highest BCUT2D eigenvalue weighted by atomic mass is 35.5. The quantitative estimate of drug-likeness (QED) is 0.318. The molecule has 2 aromatic carbocycles. The first-order chi connectivity index (χ1) is 15.5. The Kier molecular flexibility index (Phi) is 8.59. The fourth-order valence-corrected chi connectivity index (χ4v) is 3.06. The zero-order valence-electron chi connectivity index (χ0n) is 17.2. The van der Waals surface area contributed by atoms with Gasteiger partial charge in [0.1, 0.15) is 5.75 Å². The summed E-state index contributed by atoms with van der Waals surface area (Å²) >= 11 is 5.88. The van der Waals surface area contributed by atoms with E-state index in [-0.39, 0.29) is 18.6 Å². The van der Waals surface area contributed by atoms with Crippen LogP contribution in [0.3, 0.4) is 0 Å². The second-order valence-corrected chi connectivity index (χ2v) is 7.40. The van der Waals surface area contributed by atoms with E-state index in [0.29, 0.717) is 35.2 Å². The largest absolute Gasteiger partial charge is 0.484 e. The van der Waals surface area contributed by atoms with Gasteiger partial charge in [0.2, 0.25) is 0 Å². The molecule has 3 N–H and O–H groups in total. The maximum atomic E-state index is 12.0. The second-order valence-electron chi connectivity index (χ2n) is 6.96. The molecule has 168 valence electrons. The number of rotatable bonds is 8. The Bertz CT molecular complexity index is 975. The van der Waals surface area contributed by atoms with Gasteiger partial charge in [-0.3, -0.25) is 14.4 Å². The van der Waals surface area contributed by atoms with Gasteiger partial charge in [0.25, 0.3) is 5.91 Å². The Morgan fingerprint density at radius 3 is 2.69 bits per heavy atom. The number of amides is 3. The van der Waals surface area contributed by atoms with Gasteiger partial charge < -0.3 is 20.1 Å². The predicted octanol–water partition coefficient (Wildman–Crippen LogP) is 2.10. The van der Waals surface area contributed by atoms with E-state index in [1.54, 1.807) is 48.5 Å². The number of benzene rings is 2. The van der Waals surface area contributed by atoms with Crippen LogP contribution in [-0.2, 0) is 19.1 Å². The third kappa shape index (κ3) is 7.68. The molecule has 1 aliphatic rings. The van der Waals surface area contributed by atoms with E-state index in [2.05, 4.69) is 21.2 Å². The van der Waals surface area contributed by atoms with Crippen molar-refractivity contribution in [2.45, 2.75) is 18.9 Å². The lowest BCUT2D eigenvalue weighted by molar-refractivity contribution is -0.139. The Morgan fingerprint density at radius 2 is 1.97 bits per heavy atom. The van der Waals surface area contributed by atoms with Crippen LogP contribution in [0.25, 0.3) is 0 Å². The van der Waals surface area contributed by atoms with Gasteiger partial charge in [0.05, 0.1) is 12.3 Å². The maximum absolute atomic E-state index is 12.0. The van der Waals surface area contributed by atoms with Gasteiger partial charge in [-0.05, 0) is 60.9 Å². The van der Waals surface area contributed by atoms with Crippen LogP contribution in [0.2, 0.25) is 5.02 Å². The Morgan fingerprint density at radius 1 is 1.16 bits per heavy atom. The van der Waals surface area contributed by atoms with E-state index >= 15 is 0 Å². The van der Waals surface area contributed by atoms with Crippen LogP contribution in [0.15, 0.2) is 53.6 Å². The molecular formula is C22H23ClN4O5. The molecule has 2 aromatic rings. The smallest absolute Gasteiger partial charge is 0.329 e. The molecule has 0 aromatic heterocycles. The van der Waals surface area contributed by atoms with Crippen molar-refractivity contribution in [1.82, 2.24) is 10.7 Å². The minimum Gasteiger partial charge on any atom is -0.484 e. The highest BCUT2D eigenvalue weighted by molar-refractivity contribution is 6.35. The number of nitrogens with one attached hydrogen (secondary N) is 3. The van der Waals surface area contributed by atoms with E-state index in [9.17, 15) is 14.4 Å². The predicted molar refractivity (Wildman–Crippen MR) is 120 cm³/mol. The topological polar surface area (TPSA) is 118 Å². The van der Waals surface area contributed by atoms with Crippen LogP contribution in [-0.4, -0.2) is 49.8 Å². The van der Waals surface area contributed by atoms with E-state index < -0.39 is 11.8 Å². The van der Waals surface area contributed by atoms with E-state index in [1.165, 1.54) is 6.21 Å². The van der Waals surface area contributed by atoms with Gasteiger partial charge >= 0.3 is 11.8 Å². The SMILES string of the molecule is O=C(COc1ccc(/C=N\NC(=O)C(=O)NC[C@H]2CCCO2)cc1)Nc1cccc(Cl)c1. The standard InChI is InChI=1S/C22H23ClN4O5/c23-16-3-1-4-17(11-16)26-20(28)14-32-18-8-6-15(7-9-18)12-25-27-22(30)21(29)24-13-19-5-2-10-31-19/h1,3-4,6-9,11-12,19H,2,5,10,13-14H2,(H,24,29)(H,26,28)(H,27,30)/b25-12-/t19-/m1/s1. The number of carbonyl (C=O) groups excluding carboxylic acids is 3. The molecule has 1 saturated heterocycles. The molecule has 32 heavy (non-hydrogen) atoms. The first-order valence-electron chi connectivity index (χ1n) is 10.0. The van der Waals surface area contributed by atoms with Gasteiger partial charge in [-0.1, -0.05) is 17.7 Å². The summed E-state index contributed by atoms with van der Waals surface area (Å²) in [4.78, 5) is 35.5. The number of halogens is 1. The number of anilines is 1. The van der Waals surface area contributed by atoms with E-state index in [1.807, 2.05) is 0 Å². The van der Waals surface area contributed by atoms with Crippen LogP contribution >= 0.6 is 11.6 Å². The molecule has 0 bridgehead atoms. The third-order valence-electron chi connectivity index (χ3n) is 4.46. The second kappa shape index (κ2) is 11.8.